The van der Waals surface area contributed by atoms with Gasteiger partial charge in [-0.25, -0.2) is 0 Å². The third-order valence-electron chi connectivity index (χ3n) is 6.19. The van der Waals surface area contributed by atoms with E-state index in [0.29, 0.717) is 11.1 Å². The molecule has 0 aromatic rings. The molecular formula is C22H44OSi. The third-order valence-corrected chi connectivity index (χ3v) is 10.7. The Morgan fingerprint density at radius 1 is 1.00 bits per heavy atom. The zero-order valence-electron chi connectivity index (χ0n) is 17.7. The van der Waals surface area contributed by atoms with E-state index in [4.69, 9.17) is 4.43 Å². The summed E-state index contributed by atoms with van der Waals surface area (Å²) in [6, 6.07) is 0. The standard InChI is InChI=1S/C22H44OSi/c1-8-9-10-11-12-13-14-15-16-20-17-19(2)21(18-20)23-24(6,7)22(3,4)5/h17,20-21H,8-16,18H2,1-7H3. The summed E-state index contributed by atoms with van der Waals surface area (Å²) < 4.78 is 6.66. The van der Waals surface area contributed by atoms with E-state index in [1.165, 1.54) is 69.8 Å². The maximum absolute atomic E-state index is 6.66. The Bertz CT molecular complexity index is 378. The van der Waals surface area contributed by atoms with Crippen LogP contribution >= 0.6 is 0 Å². The fraction of sp³-hybridized carbons (Fsp3) is 0.909. The molecule has 0 aliphatic heterocycles. The molecule has 24 heavy (non-hydrogen) atoms. The summed E-state index contributed by atoms with van der Waals surface area (Å²) in [6.45, 7) is 16.4. The molecule has 0 fully saturated rings. The lowest BCUT2D eigenvalue weighted by Crippen LogP contribution is -2.43. The minimum Gasteiger partial charge on any atom is -0.410 e. The van der Waals surface area contributed by atoms with Gasteiger partial charge in [-0.05, 0) is 49.4 Å². The molecule has 0 radical (unpaired) electrons. The van der Waals surface area contributed by atoms with Crippen LogP contribution in [0, 0.1) is 5.92 Å². The van der Waals surface area contributed by atoms with Gasteiger partial charge in [0.25, 0.3) is 0 Å². The van der Waals surface area contributed by atoms with E-state index in [-0.39, 0.29) is 0 Å². The van der Waals surface area contributed by atoms with Crippen LogP contribution in [0.4, 0.5) is 0 Å². The number of hydrogen-bond donors (Lipinski definition) is 0. The van der Waals surface area contributed by atoms with Gasteiger partial charge in [-0.15, -0.1) is 0 Å². The van der Waals surface area contributed by atoms with Crippen molar-refractivity contribution in [3.63, 3.8) is 0 Å². The summed E-state index contributed by atoms with van der Waals surface area (Å²) in [6.07, 6.45) is 16.8. The highest BCUT2D eigenvalue weighted by Gasteiger charge is 2.40. The highest BCUT2D eigenvalue weighted by Crippen LogP contribution is 2.41. The van der Waals surface area contributed by atoms with Crippen molar-refractivity contribution in [2.24, 2.45) is 5.92 Å². The Morgan fingerprint density at radius 3 is 2.08 bits per heavy atom. The number of rotatable bonds is 11. The van der Waals surface area contributed by atoms with Crippen LogP contribution in [0.15, 0.2) is 11.6 Å². The predicted octanol–water partition coefficient (Wildman–Crippen LogP) is 7.87. The van der Waals surface area contributed by atoms with Crippen molar-refractivity contribution in [2.75, 3.05) is 0 Å². The van der Waals surface area contributed by atoms with Gasteiger partial charge in [0.1, 0.15) is 0 Å². The van der Waals surface area contributed by atoms with Gasteiger partial charge in [-0.3, -0.25) is 0 Å². The molecule has 142 valence electrons. The summed E-state index contributed by atoms with van der Waals surface area (Å²) in [7, 11) is -1.64. The molecule has 2 atom stereocenters. The molecule has 2 unspecified atom stereocenters. The summed E-state index contributed by atoms with van der Waals surface area (Å²) in [4.78, 5) is 0. The Morgan fingerprint density at radius 2 is 1.54 bits per heavy atom. The molecule has 2 heteroatoms. The first-order chi connectivity index (χ1) is 11.2. The maximum Gasteiger partial charge on any atom is 0.192 e. The monoisotopic (exact) mass is 352 g/mol. The van der Waals surface area contributed by atoms with Crippen molar-refractivity contribution < 1.29 is 4.43 Å². The van der Waals surface area contributed by atoms with E-state index in [0.717, 1.165) is 5.92 Å². The molecule has 1 aliphatic carbocycles. The maximum atomic E-state index is 6.66. The van der Waals surface area contributed by atoms with E-state index in [1.54, 1.807) is 0 Å². The van der Waals surface area contributed by atoms with Gasteiger partial charge in [0.05, 0.1) is 6.10 Å². The number of allylic oxidation sites excluding steroid dienone is 1. The van der Waals surface area contributed by atoms with Gasteiger partial charge < -0.3 is 4.43 Å². The van der Waals surface area contributed by atoms with Gasteiger partial charge in [-0.1, -0.05) is 85.1 Å². The first kappa shape index (κ1) is 22.0. The highest BCUT2D eigenvalue weighted by atomic mass is 28.4. The topological polar surface area (TPSA) is 9.23 Å². The molecular weight excluding hydrogens is 308 g/mol. The smallest absolute Gasteiger partial charge is 0.192 e. The van der Waals surface area contributed by atoms with Gasteiger partial charge in [0.15, 0.2) is 8.32 Å². The highest BCUT2D eigenvalue weighted by molar-refractivity contribution is 6.74. The van der Waals surface area contributed by atoms with Gasteiger partial charge in [0, 0.05) is 0 Å². The third kappa shape index (κ3) is 7.43. The SMILES string of the molecule is CCCCCCCCCCC1C=C(C)C(O[Si](C)(C)C(C)(C)C)C1. The second-order valence-electron chi connectivity index (χ2n) is 9.54. The molecule has 1 nitrogen and oxygen atoms in total. The molecule has 0 aromatic carbocycles. The Kier molecular flexibility index (Phi) is 9.30. The lowest BCUT2D eigenvalue weighted by molar-refractivity contribution is 0.201. The quantitative estimate of drug-likeness (QED) is 0.209. The lowest BCUT2D eigenvalue weighted by atomic mass is 9.99. The van der Waals surface area contributed by atoms with E-state index < -0.39 is 8.32 Å². The lowest BCUT2D eigenvalue weighted by Gasteiger charge is -2.39. The minimum absolute atomic E-state index is 0.309. The first-order valence-electron chi connectivity index (χ1n) is 10.5. The minimum atomic E-state index is -1.64. The number of hydrogen-bond acceptors (Lipinski definition) is 1. The second kappa shape index (κ2) is 10.2. The second-order valence-corrected chi connectivity index (χ2v) is 14.3. The largest absolute Gasteiger partial charge is 0.410 e. The Hall–Kier alpha value is -0.0831. The summed E-state index contributed by atoms with van der Waals surface area (Å²) >= 11 is 0. The van der Waals surface area contributed by atoms with Crippen LogP contribution in [-0.4, -0.2) is 14.4 Å². The van der Waals surface area contributed by atoms with Crippen molar-refractivity contribution in [1.82, 2.24) is 0 Å². The van der Waals surface area contributed by atoms with Crippen molar-refractivity contribution in [3.05, 3.63) is 11.6 Å². The normalized spacial score (nSPS) is 22.0. The van der Waals surface area contributed by atoms with Crippen LogP contribution in [-0.2, 0) is 4.43 Å². The molecule has 0 heterocycles. The van der Waals surface area contributed by atoms with Crippen molar-refractivity contribution in [3.8, 4) is 0 Å². The predicted molar refractivity (Wildman–Crippen MR) is 111 cm³/mol. The Balaban J connectivity index is 2.22. The summed E-state index contributed by atoms with van der Waals surface area (Å²) in [5, 5.41) is 0.309. The molecule has 0 saturated heterocycles. The van der Waals surface area contributed by atoms with Crippen LogP contribution in [0.5, 0.6) is 0 Å². The molecule has 1 aliphatic rings. The molecule has 0 saturated carbocycles. The molecule has 0 aromatic heterocycles. The van der Waals surface area contributed by atoms with Crippen LogP contribution in [0.3, 0.4) is 0 Å². The van der Waals surface area contributed by atoms with E-state index in [1.807, 2.05) is 0 Å². The summed E-state index contributed by atoms with van der Waals surface area (Å²) in [5.74, 6) is 0.764. The molecule has 0 N–H and O–H groups in total. The van der Waals surface area contributed by atoms with E-state index in [2.05, 4.69) is 53.8 Å². The zero-order chi connectivity index (χ0) is 18.2. The molecule has 0 bridgehead atoms. The van der Waals surface area contributed by atoms with Gasteiger partial charge in [-0.2, -0.15) is 0 Å². The first-order valence-corrected chi connectivity index (χ1v) is 13.4. The van der Waals surface area contributed by atoms with E-state index in [9.17, 15) is 0 Å². The van der Waals surface area contributed by atoms with Crippen LogP contribution in [0.2, 0.25) is 18.1 Å². The van der Waals surface area contributed by atoms with Crippen molar-refractivity contribution >= 4 is 8.32 Å². The average molecular weight is 353 g/mol. The van der Waals surface area contributed by atoms with Crippen LogP contribution in [0.25, 0.3) is 0 Å². The van der Waals surface area contributed by atoms with Gasteiger partial charge in [0.2, 0.25) is 0 Å². The van der Waals surface area contributed by atoms with Crippen LogP contribution < -0.4 is 0 Å². The summed E-state index contributed by atoms with van der Waals surface area (Å²) in [5.41, 5.74) is 1.49. The molecule has 0 spiro atoms. The fourth-order valence-corrected chi connectivity index (χ4v) is 4.77. The van der Waals surface area contributed by atoms with Crippen molar-refractivity contribution in [1.29, 1.82) is 0 Å². The van der Waals surface area contributed by atoms with Crippen LogP contribution in [0.1, 0.15) is 98.8 Å². The molecule has 1 rings (SSSR count). The van der Waals surface area contributed by atoms with Gasteiger partial charge >= 0.3 is 0 Å². The van der Waals surface area contributed by atoms with E-state index >= 15 is 0 Å². The molecule has 0 amide bonds. The fourth-order valence-electron chi connectivity index (χ4n) is 3.42. The number of unbranched alkanes of at least 4 members (excludes halogenated alkanes) is 7. The average Bonchev–Trinajstić information content (AvgIpc) is 2.80. The van der Waals surface area contributed by atoms with Crippen molar-refractivity contribution in [2.45, 2.75) is 123 Å². The zero-order valence-corrected chi connectivity index (χ0v) is 18.7. The Labute approximate surface area is 153 Å².